The number of hydrogen-bond acceptors (Lipinski definition) is 6. The van der Waals surface area contributed by atoms with Gasteiger partial charge in [0.25, 0.3) is 21.8 Å². The van der Waals surface area contributed by atoms with Gasteiger partial charge in [-0.05, 0) is 56.2 Å². The van der Waals surface area contributed by atoms with Crippen molar-refractivity contribution in [3.8, 4) is 5.75 Å². The zero-order valence-electron chi connectivity index (χ0n) is 17.4. The summed E-state index contributed by atoms with van der Waals surface area (Å²) in [6.07, 6.45) is 1.88. The number of urea groups is 1. The Morgan fingerprint density at radius 1 is 1.16 bits per heavy atom. The van der Waals surface area contributed by atoms with E-state index < -0.39 is 27.5 Å². The van der Waals surface area contributed by atoms with E-state index in [0.29, 0.717) is 5.56 Å². The summed E-state index contributed by atoms with van der Waals surface area (Å²) in [7, 11) is -2.71. The molecule has 0 bridgehead atoms. The average molecular weight is 458 g/mol. The second kappa shape index (κ2) is 7.83. The monoisotopic (exact) mass is 458 g/mol. The zero-order valence-corrected chi connectivity index (χ0v) is 18.2. The highest BCUT2D eigenvalue weighted by Crippen LogP contribution is 2.34. The van der Waals surface area contributed by atoms with Crippen molar-refractivity contribution in [1.82, 2.24) is 16.0 Å². The lowest BCUT2D eigenvalue weighted by Gasteiger charge is -2.24. The van der Waals surface area contributed by atoms with E-state index in [9.17, 15) is 22.8 Å². The molecule has 2 aromatic rings. The molecule has 2 fully saturated rings. The van der Waals surface area contributed by atoms with Gasteiger partial charge in [-0.2, -0.15) is 0 Å². The molecule has 1 heterocycles. The summed E-state index contributed by atoms with van der Waals surface area (Å²) < 4.78 is 33.8. The van der Waals surface area contributed by atoms with Crippen LogP contribution in [0.25, 0.3) is 0 Å². The van der Waals surface area contributed by atoms with Gasteiger partial charge in [0.15, 0.2) is 0 Å². The van der Waals surface area contributed by atoms with Crippen LogP contribution in [0.4, 0.5) is 10.5 Å². The van der Waals surface area contributed by atoms with Crippen molar-refractivity contribution in [1.29, 1.82) is 0 Å². The number of sulfonamides is 1. The molecule has 2 aliphatic rings. The number of nitrogens with one attached hydrogen (secondary N) is 4. The molecular formula is C21H22N4O6S. The number of methoxy groups -OCH3 is 1. The molecule has 0 radical (unpaired) electrons. The van der Waals surface area contributed by atoms with Crippen LogP contribution < -0.4 is 25.4 Å². The highest BCUT2D eigenvalue weighted by molar-refractivity contribution is 7.92. The SMILES string of the molecule is COc1ccc(S(=O)(=O)Nc2cccc(C(=O)NC3CC3)c2)cc1C1(C)NC(=O)NC1=O. The lowest BCUT2D eigenvalue weighted by molar-refractivity contribution is -0.123. The first-order valence-electron chi connectivity index (χ1n) is 9.88. The van der Waals surface area contributed by atoms with Gasteiger partial charge in [0.05, 0.1) is 12.0 Å². The fraction of sp³-hybridized carbons (Fsp3) is 0.286. The minimum absolute atomic E-state index is 0.142. The minimum Gasteiger partial charge on any atom is -0.496 e. The van der Waals surface area contributed by atoms with E-state index in [2.05, 4.69) is 20.7 Å². The number of rotatable bonds is 7. The fourth-order valence-corrected chi connectivity index (χ4v) is 4.49. The molecule has 4 amide bonds. The quantitative estimate of drug-likeness (QED) is 0.463. The molecule has 1 atom stereocenters. The van der Waals surface area contributed by atoms with Crippen molar-refractivity contribution >= 4 is 33.6 Å². The molecule has 1 unspecified atom stereocenters. The maximum atomic E-state index is 13.0. The summed E-state index contributed by atoms with van der Waals surface area (Å²) in [5.74, 6) is -0.656. The molecule has 11 heteroatoms. The van der Waals surface area contributed by atoms with E-state index in [0.717, 1.165) is 12.8 Å². The van der Waals surface area contributed by atoms with Crippen LogP contribution in [0.1, 0.15) is 35.7 Å². The second-order valence-electron chi connectivity index (χ2n) is 7.83. The van der Waals surface area contributed by atoms with Crippen LogP contribution in [0.15, 0.2) is 47.4 Å². The molecule has 1 saturated heterocycles. The van der Waals surface area contributed by atoms with Gasteiger partial charge in [-0.25, -0.2) is 13.2 Å². The third-order valence-corrected chi connectivity index (χ3v) is 6.73. The Labute approximate surface area is 184 Å². The van der Waals surface area contributed by atoms with Gasteiger partial charge >= 0.3 is 6.03 Å². The molecule has 32 heavy (non-hydrogen) atoms. The average Bonchev–Trinajstić information content (AvgIpc) is 3.52. The molecule has 10 nitrogen and oxygen atoms in total. The molecule has 1 saturated carbocycles. The third kappa shape index (κ3) is 4.11. The van der Waals surface area contributed by atoms with Crippen LogP contribution in [0.3, 0.4) is 0 Å². The van der Waals surface area contributed by atoms with Gasteiger partial charge in [-0.15, -0.1) is 0 Å². The Kier molecular flexibility index (Phi) is 5.29. The van der Waals surface area contributed by atoms with Gasteiger partial charge < -0.3 is 15.4 Å². The van der Waals surface area contributed by atoms with Crippen LogP contribution in [-0.4, -0.2) is 39.4 Å². The van der Waals surface area contributed by atoms with Crippen LogP contribution in [0.5, 0.6) is 5.75 Å². The number of hydrogen-bond donors (Lipinski definition) is 4. The van der Waals surface area contributed by atoms with Crippen molar-refractivity contribution in [2.45, 2.75) is 36.2 Å². The summed E-state index contributed by atoms with van der Waals surface area (Å²) in [5, 5.41) is 7.50. The summed E-state index contributed by atoms with van der Waals surface area (Å²) in [5.41, 5.74) is -0.771. The van der Waals surface area contributed by atoms with Crippen molar-refractivity contribution in [2.24, 2.45) is 0 Å². The Hall–Kier alpha value is -3.60. The standard InChI is InChI=1S/C21H22N4O6S/c1-21(19(27)23-20(28)24-21)16-11-15(8-9-17(16)31-2)32(29,30)25-14-5-3-4-12(10-14)18(26)22-13-6-7-13/h3-5,8-11,13,25H,6-7H2,1-2H3,(H,22,26)(H2,23,24,27,28). The molecule has 4 N–H and O–H groups in total. The van der Waals surface area contributed by atoms with Crippen LogP contribution in [0.2, 0.25) is 0 Å². The Balaban J connectivity index is 1.64. The second-order valence-corrected chi connectivity index (χ2v) is 9.51. The van der Waals surface area contributed by atoms with Gasteiger partial charge in [-0.1, -0.05) is 6.07 Å². The zero-order chi connectivity index (χ0) is 23.1. The van der Waals surface area contributed by atoms with Crippen LogP contribution >= 0.6 is 0 Å². The molecular weight excluding hydrogens is 436 g/mol. The van der Waals surface area contributed by atoms with Gasteiger partial charge in [0.2, 0.25) is 0 Å². The first kappa shape index (κ1) is 21.6. The highest BCUT2D eigenvalue weighted by atomic mass is 32.2. The lowest BCUT2D eigenvalue weighted by Crippen LogP contribution is -2.41. The topological polar surface area (TPSA) is 143 Å². The van der Waals surface area contributed by atoms with Crippen LogP contribution in [-0.2, 0) is 20.4 Å². The fourth-order valence-electron chi connectivity index (χ4n) is 3.41. The number of benzene rings is 2. The maximum absolute atomic E-state index is 13.0. The smallest absolute Gasteiger partial charge is 0.322 e. The highest BCUT2D eigenvalue weighted by Gasteiger charge is 2.45. The van der Waals surface area contributed by atoms with E-state index in [1.54, 1.807) is 12.1 Å². The van der Waals surface area contributed by atoms with Gasteiger partial charge in [0, 0.05) is 22.9 Å². The number of imide groups is 1. The molecule has 2 aromatic carbocycles. The van der Waals surface area contributed by atoms with E-state index >= 15 is 0 Å². The van der Waals surface area contributed by atoms with Crippen LogP contribution in [0, 0.1) is 0 Å². The first-order valence-corrected chi connectivity index (χ1v) is 11.4. The number of ether oxygens (including phenoxy) is 1. The molecule has 168 valence electrons. The largest absolute Gasteiger partial charge is 0.496 e. The summed E-state index contributed by atoms with van der Waals surface area (Å²) >= 11 is 0. The molecule has 1 aliphatic carbocycles. The Morgan fingerprint density at radius 3 is 2.53 bits per heavy atom. The number of amides is 4. The molecule has 0 spiro atoms. The van der Waals surface area contributed by atoms with Crippen molar-refractivity contribution in [3.63, 3.8) is 0 Å². The summed E-state index contributed by atoms with van der Waals surface area (Å²) in [6, 6.07) is 9.66. The van der Waals surface area contributed by atoms with E-state index in [-0.39, 0.29) is 33.8 Å². The van der Waals surface area contributed by atoms with E-state index in [4.69, 9.17) is 4.74 Å². The normalized spacial score (nSPS) is 20.3. The number of anilines is 1. The minimum atomic E-state index is -4.08. The summed E-state index contributed by atoms with van der Waals surface area (Å²) in [4.78, 5) is 36.2. The Bertz CT molecular complexity index is 1220. The summed E-state index contributed by atoms with van der Waals surface area (Å²) in [6.45, 7) is 1.46. The predicted octanol–water partition coefficient (Wildman–Crippen LogP) is 1.44. The maximum Gasteiger partial charge on any atom is 0.322 e. The molecule has 0 aromatic heterocycles. The third-order valence-electron chi connectivity index (χ3n) is 5.35. The predicted molar refractivity (Wildman–Crippen MR) is 115 cm³/mol. The van der Waals surface area contributed by atoms with E-state index in [1.807, 2.05) is 0 Å². The number of carbonyl (C=O) groups excluding carboxylic acids is 3. The van der Waals surface area contributed by atoms with Crippen molar-refractivity contribution in [3.05, 3.63) is 53.6 Å². The number of carbonyl (C=O) groups is 3. The van der Waals surface area contributed by atoms with Gasteiger partial charge in [0.1, 0.15) is 11.3 Å². The molecule has 4 rings (SSSR count). The van der Waals surface area contributed by atoms with Gasteiger partial charge in [-0.3, -0.25) is 19.6 Å². The molecule has 1 aliphatic heterocycles. The Morgan fingerprint density at radius 2 is 1.91 bits per heavy atom. The first-order chi connectivity index (χ1) is 15.1. The van der Waals surface area contributed by atoms with Crippen molar-refractivity contribution in [2.75, 3.05) is 11.8 Å². The van der Waals surface area contributed by atoms with Crippen molar-refractivity contribution < 1.29 is 27.5 Å². The lowest BCUT2D eigenvalue weighted by atomic mass is 9.91. The van der Waals surface area contributed by atoms with E-state index in [1.165, 1.54) is 44.4 Å².